The fourth-order valence-corrected chi connectivity index (χ4v) is 4.71. The maximum atomic E-state index is 15.2. The zero-order chi connectivity index (χ0) is 24.6. The second-order valence-corrected chi connectivity index (χ2v) is 9.32. The van der Waals surface area contributed by atoms with Gasteiger partial charge in [0.2, 0.25) is 0 Å². The zero-order valence-corrected chi connectivity index (χ0v) is 19.7. The van der Waals surface area contributed by atoms with Gasteiger partial charge in [-0.3, -0.25) is 4.79 Å². The molecule has 3 heterocycles. The number of furan rings is 1. The van der Waals surface area contributed by atoms with E-state index >= 15 is 8.78 Å². The van der Waals surface area contributed by atoms with Crippen LogP contribution in [0, 0.1) is 0 Å². The topological polar surface area (TPSA) is 90.0 Å². The molecular formula is C25H26ClF2N3O4. The van der Waals surface area contributed by atoms with Crippen molar-refractivity contribution in [2.24, 2.45) is 5.73 Å². The fourth-order valence-electron chi connectivity index (χ4n) is 4.53. The summed E-state index contributed by atoms with van der Waals surface area (Å²) in [5.41, 5.74) is 7.41. The summed E-state index contributed by atoms with van der Waals surface area (Å²) >= 11 is 5.95. The minimum atomic E-state index is -3.90. The Balaban J connectivity index is 1.39. The second kappa shape index (κ2) is 9.64. The van der Waals surface area contributed by atoms with Crippen molar-refractivity contribution in [3.63, 3.8) is 0 Å². The van der Waals surface area contributed by atoms with E-state index in [0.717, 1.165) is 32.0 Å². The molecule has 0 aliphatic carbocycles. The van der Waals surface area contributed by atoms with Crippen LogP contribution in [0.1, 0.15) is 30.2 Å². The standard InChI is InChI=1S/C25H26ClF2N3O4/c26-17-4-6-19-16(11-17)13-22(35-19)25(27,28)24(32)30-18(14-31-7-1-2-8-31)23(29)15-3-5-20-21(12-15)34-10-9-33-20/h3-6,11-13,18,23H,1-2,7-10,14,29H2,(H,30,32). The number of benzene rings is 2. The highest BCUT2D eigenvalue weighted by atomic mass is 35.5. The summed E-state index contributed by atoms with van der Waals surface area (Å²) in [5, 5.41) is 3.28. The molecule has 0 radical (unpaired) electrons. The summed E-state index contributed by atoms with van der Waals surface area (Å²) in [6.45, 7) is 2.85. The molecule has 1 saturated heterocycles. The first-order valence-electron chi connectivity index (χ1n) is 11.6. The number of carbonyl (C=O) groups excluding carboxylic acids is 1. The van der Waals surface area contributed by atoms with Crippen LogP contribution >= 0.6 is 11.6 Å². The van der Waals surface area contributed by atoms with Gasteiger partial charge in [-0.15, -0.1) is 0 Å². The number of likely N-dealkylation sites (tertiary alicyclic amines) is 1. The first kappa shape index (κ1) is 23.8. The first-order chi connectivity index (χ1) is 16.8. The molecular weight excluding hydrogens is 480 g/mol. The lowest BCUT2D eigenvalue weighted by molar-refractivity contribution is -0.150. The average Bonchev–Trinajstić information content (AvgIpc) is 3.52. The van der Waals surface area contributed by atoms with Crippen LogP contribution in [0.3, 0.4) is 0 Å². The van der Waals surface area contributed by atoms with Gasteiger partial charge in [0.05, 0.1) is 12.1 Å². The molecule has 3 aromatic rings. The average molecular weight is 506 g/mol. The molecule has 5 rings (SSSR count). The van der Waals surface area contributed by atoms with Gasteiger partial charge in [0.1, 0.15) is 18.8 Å². The van der Waals surface area contributed by atoms with Gasteiger partial charge in [0.15, 0.2) is 17.3 Å². The number of rotatable bonds is 7. The molecule has 0 saturated carbocycles. The van der Waals surface area contributed by atoms with Crippen LogP contribution in [-0.2, 0) is 10.7 Å². The van der Waals surface area contributed by atoms with Crippen LogP contribution in [0.2, 0.25) is 5.02 Å². The molecule has 2 atom stereocenters. The van der Waals surface area contributed by atoms with Crippen LogP contribution in [0.25, 0.3) is 11.0 Å². The number of carbonyl (C=O) groups is 1. The Morgan fingerprint density at radius 2 is 1.83 bits per heavy atom. The molecule has 1 amide bonds. The maximum Gasteiger partial charge on any atom is 0.380 e. The van der Waals surface area contributed by atoms with E-state index in [9.17, 15) is 4.79 Å². The molecule has 1 fully saturated rings. The van der Waals surface area contributed by atoms with E-state index in [4.69, 9.17) is 31.2 Å². The molecule has 7 nitrogen and oxygen atoms in total. The molecule has 0 spiro atoms. The number of nitrogens with two attached hydrogens (primary N) is 1. The lowest BCUT2D eigenvalue weighted by Gasteiger charge is -2.31. The van der Waals surface area contributed by atoms with Gasteiger partial charge in [0.25, 0.3) is 5.91 Å². The smallest absolute Gasteiger partial charge is 0.380 e. The Labute approximate surface area is 206 Å². The van der Waals surface area contributed by atoms with E-state index in [0.29, 0.717) is 47.2 Å². The summed E-state index contributed by atoms with van der Waals surface area (Å²) in [5.74, 6) is -4.98. The maximum absolute atomic E-state index is 15.2. The number of nitrogens with zero attached hydrogens (tertiary/aromatic N) is 1. The van der Waals surface area contributed by atoms with Gasteiger partial charge in [0, 0.05) is 17.0 Å². The number of nitrogens with one attached hydrogen (secondary N) is 1. The number of fused-ring (bicyclic) bond motifs is 2. The Bertz CT molecular complexity index is 1230. The number of ether oxygens (including phenoxy) is 2. The van der Waals surface area contributed by atoms with Crippen molar-refractivity contribution in [3.05, 3.63) is 58.8 Å². The number of alkyl halides is 2. The highest BCUT2D eigenvalue weighted by molar-refractivity contribution is 6.31. The quantitative estimate of drug-likeness (QED) is 0.499. The molecule has 2 aromatic carbocycles. The molecule has 2 aliphatic heterocycles. The Morgan fingerprint density at radius 1 is 1.09 bits per heavy atom. The number of halogens is 3. The highest BCUT2D eigenvalue weighted by Gasteiger charge is 2.46. The van der Waals surface area contributed by atoms with Gasteiger partial charge in [-0.25, -0.2) is 0 Å². The largest absolute Gasteiger partial charge is 0.486 e. The number of hydrogen-bond donors (Lipinski definition) is 2. The zero-order valence-electron chi connectivity index (χ0n) is 18.9. The first-order valence-corrected chi connectivity index (χ1v) is 11.9. The Hall–Kier alpha value is -2.88. The van der Waals surface area contributed by atoms with Crippen molar-refractivity contribution in [2.75, 3.05) is 32.8 Å². The molecule has 2 aliphatic rings. The minimum Gasteiger partial charge on any atom is -0.486 e. The van der Waals surface area contributed by atoms with Gasteiger partial charge in [-0.05, 0) is 67.9 Å². The van der Waals surface area contributed by atoms with Crippen molar-refractivity contribution in [1.82, 2.24) is 10.2 Å². The molecule has 0 bridgehead atoms. The van der Waals surface area contributed by atoms with E-state index in [-0.39, 0.29) is 5.58 Å². The van der Waals surface area contributed by atoms with E-state index in [1.807, 2.05) is 0 Å². The Kier molecular flexibility index (Phi) is 6.57. The SMILES string of the molecule is NC(c1ccc2c(c1)OCCO2)C(CN1CCCC1)NC(=O)C(F)(F)c1cc2cc(Cl)ccc2o1. The van der Waals surface area contributed by atoms with Crippen LogP contribution in [0.15, 0.2) is 46.9 Å². The summed E-state index contributed by atoms with van der Waals surface area (Å²) in [4.78, 5) is 15.0. The van der Waals surface area contributed by atoms with Gasteiger partial charge in [-0.2, -0.15) is 8.78 Å². The lowest BCUT2D eigenvalue weighted by Crippen LogP contribution is -2.52. The predicted molar refractivity (Wildman–Crippen MR) is 127 cm³/mol. The van der Waals surface area contributed by atoms with Crippen LogP contribution in [-0.4, -0.2) is 49.7 Å². The minimum absolute atomic E-state index is 0.221. The van der Waals surface area contributed by atoms with Crippen molar-refractivity contribution in [1.29, 1.82) is 0 Å². The van der Waals surface area contributed by atoms with Crippen LogP contribution in [0.4, 0.5) is 8.78 Å². The molecule has 10 heteroatoms. The summed E-state index contributed by atoms with van der Waals surface area (Å²) < 4.78 is 46.9. The summed E-state index contributed by atoms with van der Waals surface area (Å²) in [6, 6.07) is 9.40. The predicted octanol–water partition coefficient (Wildman–Crippen LogP) is 4.23. The van der Waals surface area contributed by atoms with Gasteiger partial charge in [-0.1, -0.05) is 17.7 Å². The summed E-state index contributed by atoms with van der Waals surface area (Å²) in [6.07, 6.45) is 2.02. The van der Waals surface area contributed by atoms with E-state index in [1.54, 1.807) is 18.2 Å². The van der Waals surface area contributed by atoms with E-state index < -0.39 is 29.7 Å². The lowest BCUT2D eigenvalue weighted by atomic mass is 9.98. The fraction of sp³-hybridized carbons (Fsp3) is 0.400. The van der Waals surface area contributed by atoms with E-state index in [2.05, 4.69) is 10.2 Å². The second-order valence-electron chi connectivity index (χ2n) is 8.88. The van der Waals surface area contributed by atoms with Crippen LogP contribution in [0.5, 0.6) is 11.5 Å². The van der Waals surface area contributed by atoms with E-state index in [1.165, 1.54) is 18.2 Å². The summed E-state index contributed by atoms with van der Waals surface area (Å²) in [7, 11) is 0. The van der Waals surface area contributed by atoms with Gasteiger partial charge >= 0.3 is 5.92 Å². The molecule has 1 aromatic heterocycles. The molecule has 35 heavy (non-hydrogen) atoms. The molecule has 2 unspecified atom stereocenters. The Morgan fingerprint density at radius 3 is 2.60 bits per heavy atom. The van der Waals surface area contributed by atoms with Gasteiger partial charge < -0.3 is 29.8 Å². The number of hydrogen-bond acceptors (Lipinski definition) is 6. The number of amides is 1. The van der Waals surface area contributed by atoms with Crippen molar-refractivity contribution in [3.8, 4) is 11.5 Å². The molecule has 186 valence electrons. The molecule has 3 N–H and O–H groups in total. The van der Waals surface area contributed by atoms with Crippen molar-refractivity contribution >= 4 is 28.5 Å². The van der Waals surface area contributed by atoms with Crippen LogP contribution < -0.4 is 20.5 Å². The third kappa shape index (κ3) is 4.94. The third-order valence-corrected chi connectivity index (χ3v) is 6.66. The van der Waals surface area contributed by atoms with Crippen molar-refractivity contribution < 1.29 is 27.5 Å². The normalized spacial score (nSPS) is 17.9. The third-order valence-electron chi connectivity index (χ3n) is 6.43. The monoisotopic (exact) mass is 505 g/mol. The van der Waals surface area contributed by atoms with Crippen molar-refractivity contribution in [2.45, 2.75) is 30.8 Å². The highest BCUT2D eigenvalue weighted by Crippen LogP contribution is 2.36.